The van der Waals surface area contributed by atoms with Crippen LogP contribution in [0.3, 0.4) is 0 Å². The molecule has 0 bridgehead atoms. The summed E-state index contributed by atoms with van der Waals surface area (Å²) >= 11 is 0. The topological polar surface area (TPSA) is 259 Å². The van der Waals surface area contributed by atoms with E-state index in [4.69, 9.17) is 0 Å². The van der Waals surface area contributed by atoms with Gasteiger partial charge in [-0.2, -0.15) is 10.2 Å². The molecule has 0 saturated carbocycles. The Morgan fingerprint density at radius 2 is 0.571 bits per heavy atom. The molecule has 526 valence electrons. The van der Waals surface area contributed by atoms with Gasteiger partial charge in [0, 0.05) is 144 Å². The third-order valence-corrected chi connectivity index (χ3v) is 15.0. The average Bonchev–Trinajstić information content (AvgIpc) is 3.22. The largest absolute Gasteiger partial charge is 6.00 e. The van der Waals surface area contributed by atoms with Crippen molar-refractivity contribution >= 4 is 0 Å². The summed E-state index contributed by atoms with van der Waals surface area (Å²) in [6, 6.07) is 10.5. The molecule has 5 heterocycles. The van der Waals surface area contributed by atoms with Gasteiger partial charge in [0.2, 0.25) is 0 Å². The molecule has 0 aromatic heterocycles. The maximum absolute atomic E-state index is 11.6. The molecule has 1 aromatic carbocycles. The summed E-state index contributed by atoms with van der Waals surface area (Å²) < 4.78 is 0. The Kier molecular flexibility index (Phi) is 71.2. The molecule has 5 aliphatic rings. The molecule has 22 nitrogen and oxygen atoms in total. The van der Waals surface area contributed by atoms with Gasteiger partial charge < -0.3 is 90.3 Å². The minimum Gasteiger partial charge on any atom is -0.851 e. The van der Waals surface area contributed by atoms with Gasteiger partial charge in [-0.05, 0) is 84.1 Å². The number of hydrogen-bond acceptors (Lipinski definition) is 21. The van der Waals surface area contributed by atoms with Crippen molar-refractivity contribution in [3.63, 3.8) is 0 Å². The summed E-state index contributed by atoms with van der Waals surface area (Å²) in [5, 5.41) is 104. The molecule has 4 fully saturated rings. The molecule has 91 heavy (non-hydrogen) atoms. The minimum absolute atomic E-state index is 0. The first kappa shape index (κ1) is 104. The number of benzene rings is 1. The molecule has 0 N–H and O–H groups in total. The normalized spacial score (nSPS) is 21.6. The number of rotatable bonds is 20. The maximum atomic E-state index is 11.6. The Balaban J connectivity index is -0.000000202. The van der Waals surface area contributed by atoms with E-state index in [2.05, 4.69) is 107 Å². The van der Waals surface area contributed by atoms with E-state index in [1.54, 1.807) is 55.4 Å². The molecule has 5 aliphatic heterocycles. The van der Waals surface area contributed by atoms with Crippen molar-refractivity contribution in [3.8, 4) is 0 Å². The van der Waals surface area contributed by atoms with Crippen LogP contribution in [0.1, 0.15) is 98.1 Å². The Morgan fingerprint density at radius 1 is 0.341 bits per heavy atom. The molecule has 6 rings (SSSR count). The first-order valence-electron chi connectivity index (χ1n) is 31.0. The van der Waals surface area contributed by atoms with Crippen molar-refractivity contribution in [2.24, 2.45) is 10.2 Å². The van der Waals surface area contributed by atoms with Crippen LogP contribution >= 0.6 is 0 Å². The third kappa shape index (κ3) is 54.4. The monoisotopic (exact) mass is 1460 g/mol. The van der Waals surface area contributed by atoms with Gasteiger partial charge in [-0.3, -0.25) is 9.80 Å². The second-order valence-corrected chi connectivity index (χ2v) is 24.0. The van der Waals surface area contributed by atoms with Crippen molar-refractivity contribution in [2.45, 2.75) is 148 Å². The smallest absolute Gasteiger partial charge is 0.851 e. The van der Waals surface area contributed by atoms with E-state index in [1.807, 2.05) is 6.07 Å². The average molecular weight is 1460 g/mol. The quantitative estimate of drug-likeness (QED) is 0.128. The number of hydrogen-bond donors (Lipinski definition) is 0. The fraction of sp³-hybridized carbons (Fsp3) is 0.877. The zero-order valence-corrected chi connectivity index (χ0v) is 58.2. The van der Waals surface area contributed by atoms with Gasteiger partial charge in [-0.15, -0.1) is 61.9 Å². The van der Waals surface area contributed by atoms with E-state index in [0.717, 1.165) is 176 Å². The van der Waals surface area contributed by atoms with Crippen molar-refractivity contribution in [1.29, 1.82) is 0 Å². The van der Waals surface area contributed by atoms with Gasteiger partial charge in [0.05, 0.1) is 12.2 Å². The Labute approximate surface area is 599 Å². The van der Waals surface area contributed by atoms with E-state index >= 15 is 0 Å². The van der Waals surface area contributed by atoms with Crippen LogP contribution < -0.4 is 40.9 Å². The van der Waals surface area contributed by atoms with Crippen LogP contribution in [0.4, 0.5) is 0 Å². The van der Waals surface area contributed by atoms with Gasteiger partial charge in [0.15, 0.2) is 0 Å². The molecule has 26 heteroatoms. The number of likely N-dealkylation sites (N-methyl/N-ethyl adjacent to an activating group) is 1. The van der Waals surface area contributed by atoms with Crippen LogP contribution in [0.15, 0.2) is 52.3 Å². The Bertz CT molecular complexity index is 1710. The van der Waals surface area contributed by atoms with E-state index in [1.165, 1.54) is 5.56 Å². The maximum Gasteiger partial charge on any atom is 6.00 e. The fourth-order valence-corrected chi connectivity index (χ4v) is 10.8. The molecule has 4 saturated heterocycles. The summed E-state index contributed by atoms with van der Waals surface area (Å²) in [7, 11) is 2.10. The Morgan fingerprint density at radius 3 is 0.813 bits per heavy atom. The zero-order chi connectivity index (χ0) is 60.2. The SMILES string of the molecule is C.C.C.C.C.C[C@H]([O-])CN1CCN(C)CCN(C[C@H](C)[O-])CC1.C[C@H]([O-])CN1CCN(CC2=CCN=N2)CCN(C[C@H](C)[O-])CC1.C[C@H]([O-])CN1CCN(Cc2ccccc2)CCN(C[C@H](C)[O-])CC1.C[C@H]([O-])CN1CC[N-]CCN(C[C@H](C)[O-])CC1.[Fe+6].[Fe+6].[Fe+6].[Fe+6]. The van der Waals surface area contributed by atoms with Crippen LogP contribution in [0.2, 0.25) is 0 Å². The van der Waals surface area contributed by atoms with Crippen LogP contribution in [-0.4, -0.2) is 332 Å². The second kappa shape index (κ2) is 62.1. The molecule has 0 radical (unpaired) electrons. The summed E-state index contributed by atoms with van der Waals surface area (Å²) in [5.74, 6) is 0. The number of azo groups is 1. The predicted octanol–water partition coefficient (Wildman–Crippen LogP) is -1.96. The van der Waals surface area contributed by atoms with Gasteiger partial charge in [0.25, 0.3) is 0 Å². The van der Waals surface area contributed by atoms with Crippen LogP contribution in [-0.2, 0) is 74.8 Å². The van der Waals surface area contributed by atoms with E-state index in [-0.39, 0.29) is 105 Å². The molecule has 0 aliphatic carbocycles. The standard InChI is InChI=1S/C19H31N3O2.C16H29N5O2.C13H27N3O2.C12H24N3O2.5CH4.4Fe/c1-17(23)14-20-8-9-21(15-18(2)24)11-13-22(12-10-20)16-19-6-4-3-5-7-19;1-14(22)11-19-5-6-20(12-15(2)23)8-10-21(9-7-19)13-16-3-4-17-18-16;1-12(17)10-15-6-4-14(3)5-7-16(9-8-15)11-13(2)18;1-11(16)9-14-5-3-13-4-6-15(8-7-14)10-12(2)17;;;;;;;;;/h3-7,17-18H,8-16H2,1-2H3;3,14-15H,4-13H2,1-2H3;12-13H,4-11H2,1-3H3;11-12H,3-10H2,1-2H3;5*1H4;;;;/q3*-2;-3;;;;;;4*+6/t17-,18-;14-,15-;12-,13-;11-,12-;;;;;;;;;/m0000........./s1. The van der Waals surface area contributed by atoms with E-state index in [9.17, 15) is 40.9 Å². The molecule has 8 atom stereocenters. The Hall–Kier alpha value is -0.162. The van der Waals surface area contributed by atoms with Crippen molar-refractivity contribution in [2.75, 3.05) is 230 Å². The summed E-state index contributed by atoms with van der Waals surface area (Å²) in [5.41, 5.74) is 2.33. The fourth-order valence-electron chi connectivity index (χ4n) is 10.8. The van der Waals surface area contributed by atoms with Crippen molar-refractivity contribution < 1.29 is 109 Å². The first-order valence-corrected chi connectivity index (χ1v) is 31.0. The molecule has 0 amide bonds. The van der Waals surface area contributed by atoms with Gasteiger partial charge in [-0.1, -0.05) is 123 Å². The van der Waals surface area contributed by atoms with E-state index in [0.29, 0.717) is 58.9 Å². The van der Waals surface area contributed by atoms with Gasteiger partial charge >= 0.3 is 68.3 Å². The minimum atomic E-state index is -0.581. The van der Waals surface area contributed by atoms with Crippen LogP contribution in [0.5, 0.6) is 0 Å². The molecule has 1 aromatic rings. The second-order valence-electron chi connectivity index (χ2n) is 24.0. The van der Waals surface area contributed by atoms with Crippen molar-refractivity contribution in [3.05, 3.63) is 53.0 Å². The molecule has 0 spiro atoms. The number of nitrogens with zero attached hydrogens (tertiary/aromatic N) is 14. The van der Waals surface area contributed by atoms with Crippen LogP contribution in [0, 0.1) is 0 Å². The summed E-state index contributed by atoms with van der Waals surface area (Å²) in [6.45, 7) is 42.4. The predicted molar refractivity (Wildman–Crippen MR) is 347 cm³/mol. The summed E-state index contributed by atoms with van der Waals surface area (Å²) in [6.07, 6.45) is -2.43. The third-order valence-electron chi connectivity index (χ3n) is 15.0. The molecular weight excluding hydrogens is 1330 g/mol. The van der Waals surface area contributed by atoms with E-state index < -0.39 is 48.8 Å². The van der Waals surface area contributed by atoms with Gasteiger partial charge in [0.1, 0.15) is 0 Å². The summed E-state index contributed by atoms with van der Waals surface area (Å²) in [4.78, 5) is 24.8. The molecule has 0 unspecified atom stereocenters. The zero-order valence-electron chi connectivity index (χ0n) is 53.8. The first-order chi connectivity index (χ1) is 39.1. The van der Waals surface area contributed by atoms with Crippen LogP contribution in [0.25, 0.3) is 5.32 Å². The van der Waals surface area contributed by atoms with Crippen molar-refractivity contribution in [1.82, 2.24) is 53.9 Å². The van der Waals surface area contributed by atoms with Gasteiger partial charge in [-0.25, -0.2) is 0 Å². The molecular formula is C65H131Fe4N14O8+15.